The maximum absolute atomic E-state index is 12.6. The van der Waals surface area contributed by atoms with Gasteiger partial charge in [0.15, 0.2) is 0 Å². The average molecular weight is 347 g/mol. The van der Waals surface area contributed by atoms with E-state index in [9.17, 15) is 14.4 Å². The Morgan fingerprint density at radius 1 is 1.28 bits per heavy atom. The first kappa shape index (κ1) is 18.8. The molecule has 0 aliphatic carbocycles. The van der Waals surface area contributed by atoms with Crippen LogP contribution in [0.15, 0.2) is 30.3 Å². The van der Waals surface area contributed by atoms with E-state index in [1.54, 1.807) is 7.05 Å². The summed E-state index contributed by atoms with van der Waals surface area (Å²) in [5.41, 5.74) is 1.03. The lowest BCUT2D eigenvalue weighted by Crippen LogP contribution is -2.51. The Labute approximate surface area is 147 Å². The number of likely N-dealkylation sites (tertiary alicyclic amines) is 1. The molecule has 0 radical (unpaired) electrons. The largest absolute Gasteiger partial charge is 0.481 e. The van der Waals surface area contributed by atoms with E-state index >= 15 is 0 Å². The first-order chi connectivity index (χ1) is 12.0. The number of benzene rings is 1. The SMILES string of the molecule is CNC(=O)C1CCCN1C(=O)NC(CCC(=O)O)Cc1ccccc1. The Balaban J connectivity index is 2.02. The molecule has 0 bridgehead atoms. The molecule has 1 aromatic carbocycles. The van der Waals surface area contributed by atoms with E-state index < -0.39 is 12.0 Å². The highest BCUT2D eigenvalue weighted by Crippen LogP contribution is 2.18. The number of carboxylic acid groups (broad SMARTS) is 1. The van der Waals surface area contributed by atoms with Crippen molar-refractivity contribution in [1.82, 2.24) is 15.5 Å². The van der Waals surface area contributed by atoms with Crippen molar-refractivity contribution >= 4 is 17.9 Å². The second-order valence-electron chi connectivity index (χ2n) is 6.23. The van der Waals surface area contributed by atoms with Crippen molar-refractivity contribution in [3.63, 3.8) is 0 Å². The van der Waals surface area contributed by atoms with Crippen LogP contribution in [0.2, 0.25) is 0 Å². The number of amides is 3. The first-order valence-electron chi connectivity index (χ1n) is 8.55. The maximum atomic E-state index is 12.6. The fourth-order valence-corrected chi connectivity index (χ4v) is 3.13. The molecule has 1 saturated heterocycles. The lowest BCUT2D eigenvalue weighted by atomic mass is 10.0. The summed E-state index contributed by atoms with van der Waals surface area (Å²) in [4.78, 5) is 37.0. The predicted octanol–water partition coefficient (Wildman–Crippen LogP) is 1.38. The topological polar surface area (TPSA) is 98.7 Å². The molecule has 1 fully saturated rings. The molecule has 136 valence electrons. The van der Waals surface area contributed by atoms with Gasteiger partial charge >= 0.3 is 12.0 Å². The van der Waals surface area contributed by atoms with Crippen molar-refractivity contribution in [2.45, 2.75) is 44.2 Å². The minimum atomic E-state index is -0.892. The van der Waals surface area contributed by atoms with Gasteiger partial charge in [0.2, 0.25) is 5.91 Å². The van der Waals surface area contributed by atoms with Crippen LogP contribution in [0.1, 0.15) is 31.2 Å². The van der Waals surface area contributed by atoms with Gasteiger partial charge in [-0.2, -0.15) is 0 Å². The molecule has 2 unspecified atom stereocenters. The van der Waals surface area contributed by atoms with E-state index in [1.807, 2.05) is 30.3 Å². The number of nitrogens with one attached hydrogen (secondary N) is 2. The van der Waals surface area contributed by atoms with E-state index in [2.05, 4.69) is 10.6 Å². The minimum absolute atomic E-state index is 0.0172. The summed E-state index contributed by atoms with van der Waals surface area (Å²) in [6.07, 6.45) is 2.30. The number of likely N-dealkylation sites (N-methyl/N-ethyl adjacent to an activating group) is 1. The molecule has 2 rings (SSSR count). The third-order valence-corrected chi connectivity index (χ3v) is 4.42. The van der Waals surface area contributed by atoms with Gasteiger partial charge in [-0.05, 0) is 31.2 Å². The molecule has 2 atom stereocenters. The minimum Gasteiger partial charge on any atom is -0.481 e. The van der Waals surface area contributed by atoms with Gasteiger partial charge in [-0.3, -0.25) is 9.59 Å². The zero-order valence-electron chi connectivity index (χ0n) is 14.4. The maximum Gasteiger partial charge on any atom is 0.318 e. The summed E-state index contributed by atoms with van der Waals surface area (Å²) < 4.78 is 0. The number of hydrogen-bond donors (Lipinski definition) is 3. The van der Waals surface area contributed by atoms with Crippen molar-refractivity contribution in [3.8, 4) is 0 Å². The van der Waals surface area contributed by atoms with Crippen molar-refractivity contribution in [2.24, 2.45) is 0 Å². The summed E-state index contributed by atoms with van der Waals surface area (Å²) in [7, 11) is 1.56. The second-order valence-corrected chi connectivity index (χ2v) is 6.23. The Morgan fingerprint density at radius 2 is 2.00 bits per heavy atom. The molecule has 25 heavy (non-hydrogen) atoms. The van der Waals surface area contributed by atoms with Crippen LogP contribution >= 0.6 is 0 Å². The molecular formula is C18H25N3O4. The lowest BCUT2D eigenvalue weighted by Gasteiger charge is -2.27. The smallest absolute Gasteiger partial charge is 0.318 e. The fraction of sp³-hybridized carbons (Fsp3) is 0.500. The zero-order chi connectivity index (χ0) is 18.2. The van der Waals surface area contributed by atoms with Gasteiger partial charge < -0.3 is 20.6 Å². The first-order valence-corrected chi connectivity index (χ1v) is 8.55. The molecule has 1 heterocycles. The summed E-state index contributed by atoms with van der Waals surface area (Å²) in [6, 6.07) is 8.57. The molecule has 0 saturated carbocycles. The molecule has 1 aliphatic rings. The number of aliphatic carboxylic acids is 1. The standard InChI is InChI=1S/C18H25N3O4/c1-19-17(24)15-8-5-11-21(15)18(25)20-14(9-10-16(22)23)12-13-6-3-2-4-7-13/h2-4,6-7,14-15H,5,8-12H2,1H3,(H,19,24)(H,20,25)(H,22,23). The van der Waals surface area contributed by atoms with Gasteiger partial charge in [-0.15, -0.1) is 0 Å². The molecule has 1 aliphatic heterocycles. The van der Waals surface area contributed by atoms with Crippen molar-refractivity contribution in [1.29, 1.82) is 0 Å². The Kier molecular flexibility index (Phi) is 6.80. The molecule has 7 heteroatoms. The van der Waals surface area contributed by atoms with Crippen LogP contribution in [0.5, 0.6) is 0 Å². The highest BCUT2D eigenvalue weighted by Gasteiger charge is 2.34. The monoisotopic (exact) mass is 347 g/mol. The average Bonchev–Trinajstić information content (AvgIpc) is 3.09. The van der Waals surface area contributed by atoms with E-state index in [0.29, 0.717) is 25.8 Å². The normalized spacial score (nSPS) is 17.8. The number of hydrogen-bond acceptors (Lipinski definition) is 3. The van der Waals surface area contributed by atoms with Crippen molar-refractivity contribution < 1.29 is 19.5 Å². The van der Waals surface area contributed by atoms with Gasteiger partial charge in [0.1, 0.15) is 6.04 Å². The number of carbonyl (C=O) groups is 3. The number of rotatable bonds is 7. The quantitative estimate of drug-likeness (QED) is 0.694. The third-order valence-electron chi connectivity index (χ3n) is 4.42. The molecule has 3 amide bonds. The molecule has 0 spiro atoms. The zero-order valence-corrected chi connectivity index (χ0v) is 14.4. The van der Waals surface area contributed by atoms with Crippen LogP contribution in [-0.4, -0.2) is 53.6 Å². The van der Waals surface area contributed by atoms with Crippen LogP contribution in [0, 0.1) is 0 Å². The molecule has 0 aromatic heterocycles. The van der Waals surface area contributed by atoms with Crippen LogP contribution < -0.4 is 10.6 Å². The Hall–Kier alpha value is -2.57. The van der Waals surface area contributed by atoms with Gasteiger partial charge in [0.05, 0.1) is 0 Å². The lowest BCUT2D eigenvalue weighted by molar-refractivity contribution is -0.137. The fourth-order valence-electron chi connectivity index (χ4n) is 3.13. The van der Waals surface area contributed by atoms with Gasteiger partial charge in [-0.1, -0.05) is 30.3 Å². The van der Waals surface area contributed by atoms with E-state index in [4.69, 9.17) is 5.11 Å². The Morgan fingerprint density at radius 3 is 2.64 bits per heavy atom. The van der Waals surface area contributed by atoms with Crippen LogP contribution in [-0.2, 0) is 16.0 Å². The number of nitrogens with zero attached hydrogens (tertiary/aromatic N) is 1. The number of carbonyl (C=O) groups excluding carboxylic acids is 2. The van der Waals surface area contributed by atoms with Crippen molar-refractivity contribution in [3.05, 3.63) is 35.9 Å². The molecular weight excluding hydrogens is 322 g/mol. The molecule has 3 N–H and O–H groups in total. The molecule has 7 nitrogen and oxygen atoms in total. The summed E-state index contributed by atoms with van der Waals surface area (Å²) in [5.74, 6) is -1.06. The van der Waals surface area contributed by atoms with Crippen molar-refractivity contribution in [2.75, 3.05) is 13.6 Å². The van der Waals surface area contributed by atoms with E-state index in [-0.39, 0.29) is 24.4 Å². The number of carboxylic acids is 1. The Bertz CT molecular complexity index is 606. The summed E-state index contributed by atoms with van der Waals surface area (Å²) in [6.45, 7) is 0.529. The highest BCUT2D eigenvalue weighted by molar-refractivity contribution is 5.87. The van der Waals surface area contributed by atoms with Crippen LogP contribution in [0.3, 0.4) is 0 Å². The highest BCUT2D eigenvalue weighted by atomic mass is 16.4. The van der Waals surface area contributed by atoms with Gasteiger partial charge in [0.25, 0.3) is 0 Å². The predicted molar refractivity (Wildman–Crippen MR) is 93.1 cm³/mol. The second kappa shape index (κ2) is 9.05. The van der Waals surface area contributed by atoms with Gasteiger partial charge in [0, 0.05) is 26.1 Å². The summed E-state index contributed by atoms with van der Waals surface area (Å²) in [5, 5.41) is 14.4. The van der Waals surface area contributed by atoms with Gasteiger partial charge in [-0.25, -0.2) is 4.79 Å². The van der Waals surface area contributed by atoms with Crippen LogP contribution in [0.25, 0.3) is 0 Å². The number of urea groups is 1. The van der Waals surface area contributed by atoms with Crippen LogP contribution in [0.4, 0.5) is 4.79 Å². The summed E-state index contributed by atoms with van der Waals surface area (Å²) >= 11 is 0. The van der Waals surface area contributed by atoms with E-state index in [0.717, 1.165) is 12.0 Å². The molecule has 1 aromatic rings. The third kappa shape index (κ3) is 5.48. The van der Waals surface area contributed by atoms with E-state index in [1.165, 1.54) is 4.90 Å².